The molecule has 2 aliphatic heterocycles. The fourth-order valence-corrected chi connectivity index (χ4v) is 3.55. The van der Waals surface area contributed by atoms with Gasteiger partial charge in [-0.3, -0.25) is 9.69 Å². The van der Waals surface area contributed by atoms with Crippen molar-refractivity contribution >= 4 is 11.9 Å². The number of allylic oxidation sites excluding steroid dienone is 1. The van der Waals surface area contributed by atoms with Gasteiger partial charge in [-0.1, -0.05) is 19.9 Å². The lowest BCUT2D eigenvalue weighted by atomic mass is 10.00. The lowest BCUT2D eigenvalue weighted by Gasteiger charge is -2.36. The van der Waals surface area contributed by atoms with Crippen LogP contribution in [0.1, 0.15) is 47.0 Å². The molecule has 0 aliphatic carbocycles. The van der Waals surface area contributed by atoms with Crippen LogP contribution in [0.5, 0.6) is 0 Å². The average Bonchev–Trinajstić information content (AvgIpc) is 2.64. The van der Waals surface area contributed by atoms with Gasteiger partial charge in [-0.2, -0.15) is 0 Å². The van der Waals surface area contributed by atoms with E-state index in [-0.39, 0.29) is 36.0 Å². The van der Waals surface area contributed by atoms with Gasteiger partial charge in [0.1, 0.15) is 18.3 Å². The van der Waals surface area contributed by atoms with Crippen molar-refractivity contribution in [1.29, 1.82) is 0 Å². The van der Waals surface area contributed by atoms with Gasteiger partial charge in [-0.25, -0.2) is 4.79 Å². The summed E-state index contributed by atoms with van der Waals surface area (Å²) < 4.78 is 11.1. The zero-order valence-corrected chi connectivity index (χ0v) is 15.2. The predicted octanol–water partition coefficient (Wildman–Crippen LogP) is 1.66. The molecule has 2 rings (SSSR count). The lowest BCUT2D eigenvalue weighted by molar-refractivity contribution is -0.156. The van der Waals surface area contributed by atoms with E-state index in [4.69, 9.17) is 9.47 Å². The van der Waals surface area contributed by atoms with Gasteiger partial charge in [0, 0.05) is 30.9 Å². The fourth-order valence-electron chi connectivity index (χ4n) is 3.55. The minimum absolute atomic E-state index is 0.126. The second-order valence-electron chi connectivity index (χ2n) is 7.31. The third-order valence-corrected chi connectivity index (χ3v) is 5.04. The Kier molecular flexibility index (Phi) is 6.04. The van der Waals surface area contributed by atoms with Crippen LogP contribution in [-0.2, 0) is 19.1 Å². The maximum absolute atomic E-state index is 12.0. The maximum Gasteiger partial charge on any atom is 0.333 e. The van der Waals surface area contributed by atoms with E-state index in [1.54, 1.807) is 19.9 Å². The number of piperidine rings is 1. The molecule has 0 aromatic heterocycles. The molecule has 0 spiro atoms. The van der Waals surface area contributed by atoms with Crippen LogP contribution in [0.2, 0.25) is 0 Å². The molecule has 0 aromatic rings. The largest absolute Gasteiger partial charge is 0.459 e. The smallest absolute Gasteiger partial charge is 0.333 e. The minimum Gasteiger partial charge on any atom is -0.459 e. The number of ether oxygens (including phenoxy) is 2. The molecule has 0 radical (unpaired) electrons. The summed E-state index contributed by atoms with van der Waals surface area (Å²) >= 11 is 0. The summed E-state index contributed by atoms with van der Waals surface area (Å²) in [6.45, 7) is 7.42. The number of esters is 2. The van der Waals surface area contributed by atoms with E-state index in [1.807, 2.05) is 25.8 Å². The van der Waals surface area contributed by atoms with Gasteiger partial charge < -0.3 is 14.6 Å². The minimum atomic E-state index is -0.748. The summed E-state index contributed by atoms with van der Waals surface area (Å²) in [6.07, 6.45) is 1.60. The summed E-state index contributed by atoms with van der Waals surface area (Å²) in [6, 6.07) is -0.289. The van der Waals surface area contributed by atoms with Gasteiger partial charge in [-0.15, -0.1) is 0 Å². The maximum atomic E-state index is 12.0. The number of likely N-dealkylation sites (N-methyl/N-ethyl adjacent to an activating group) is 1. The Hall–Kier alpha value is -1.40. The van der Waals surface area contributed by atoms with Crippen molar-refractivity contribution in [2.75, 3.05) is 7.05 Å². The quantitative estimate of drug-likeness (QED) is 0.606. The SMILES string of the molecule is C/C=C(\C)C(=O)O[C@H]1CC2C(O)C(OC(=O)CC(C)C)C(C1)N2C. The number of nitrogens with zero attached hydrogens (tertiary/aromatic N) is 1. The van der Waals surface area contributed by atoms with Crippen molar-refractivity contribution in [3.8, 4) is 0 Å². The highest BCUT2D eigenvalue weighted by Gasteiger charge is 2.53. The number of carbonyl (C=O) groups is 2. The summed E-state index contributed by atoms with van der Waals surface area (Å²) in [5.74, 6) is -0.395. The molecule has 24 heavy (non-hydrogen) atoms. The third kappa shape index (κ3) is 3.98. The molecular formula is C18H29NO5. The van der Waals surface area contributed by atoms with Gasteiger partial charge in [0.25, 0.3) is 0 Å². The number of hydrogen-bond donors (Lipinski definition) is 1. The Morgan fingerprint density at radius 3 is 2.46 bits per heavy atom. The lowest BCUT2D eigenvalue weighted by Crippen LogP contribution is -2.46. The molecule has 0 aromatic carbocycles. The highest BCUT2D eigenvalue weighted by molar-refractivity contribution is 5.87. The highest BCUT2D eigenvalue weighted by Crippen LogP contribution is 2.38. The summed E-state index contributed by atoms with van der Waals surface area (Å²) in [7, 11) is 1.92. The van der Waals surface area contributed by atoms with E-state index in [0.717, 1.165) is 0 Å². The van der Waals surface area contributed by atoms with Gasteiger partial charge in [0.05, 0.1) is 6.04 Å². The zero-order valence-electron chi connectivity index (χ0n) is 15.2. The van der Waals surface area contributed by atoms with Crippen LogP contribution in [-0.4, -0.2) is 59.4 Å². The fraction of sp³-hybridized carbons (Fsp3) is 0.778. The van der Waals surface area contributed by atoms with Gasteiger partial charge in [0.2, 0.25) is 0 Å². The standard InChI is InChI=1S/C18H29NO5/c1-6-11(4)18(22)23-12-8-13-16(21)17(14(9-12)19(13)5)24-15(20)7-10(2)3/h6,10,12-14,16-17,21H,7-9H2,1-5H3/b11-6+/t12-,13?,14?,16?,17?/m0/s1. The van der Waals surface area contributed by atoms with Crippen molar-refractivity contribution in [3.63, 3.8) is 0 Å². The third-order valence-electron chi connectivity index (χ3n) is 5.04. The average molecular weight is 339 g/mol. The molecule has 1 N–H and O–H groups in total. The van der Waals surface area contributed by atoms with Gasteiger partial charge in [0.15, 0.2) is 0 Å². The molecule has 4 unspecified atom stereocenters. The summed E-state index contributed by atoms with van der Waals surface area (Å²) in [5, 5.41) is 10.5. The predicted molar refractivity (Wildman–Crippen MR) is 89.2 cm³/mol. The van der Waals surface area contributed by atoms with Crippen LogP contribution in [0.4, 0.5) is 0 Å². The van der Waals surface area contributed by atoms with Crippen molar-refractivity contribution in [3.05, 3.63) is 11.6 Å². The number of carbonyl (C=O) groups excluding carboxylic acids is 2. The molecule has 2 aliphatic rings. The molecule has 2 saturated heterocycles. The Balaban J connectivity index is 2.03. The van der Waals surface area contributed by atoms with Crippen LogP contribution in [0.25, 0.3) is 0 Å². The van der Waals surface area contributed by atoms with Crippen LogP contribution in [0.3, 0.4) is 0 Å². The molecular weight excluding hydrogens is 310 g/mol. The van der Waals surface area contributed by atoms with E-state index < -0.39 is 12.2 Å². The van der Waals surface area contributed by atoms with E-state index in [9.17, 15) is 14.7 Å². The Bertz CT molecular complexity index is 516. The van der Waals surface area contributed by atoms with E-state index >= 15 is 0 Å². The van der Waals surface area contributed by atoms with E-state index in [1.165, 1.54) is 0 Å². The van der Waals surface area contributed by atoms with Crippen LogP contribution in [0, 0.1) is 5.92 Å². The van der Waals surface area contributed by atoms with E-state index in [2.05, 4.69) is 0 Å². The second-order valence-corrected chi connectivity index (χ2v) is 7.31. The molecule has 5 atom stereocenters. The van der Waals surface area contributed by atoms with Crippen LogP contribution < -0.4 is 0 Å². The molecule has 6 nitrogen and oxygen atoms in total. The molecule has 0 amide bonds. The van der Waals surface area contributed by atoms with E-state index in [0.29, 0.717) is 24.8 Å². The normalized spacial score (nSPS) is 33.6. The summed E-state index contributed by atoms with van der Waals surface area (Å²) in [5.41, 5.74) is 0.571. The first-order valence-electron chi connectivity index (χ1n) is 8.68. The molecule has 2 fully saturated rings. The Labute approximate surface area is 143 Å². The monoisotopic (exact) mass is 339 g/mol. The molecule has 136 valence electrons. The Morgan fingerprint density at radius 2 is 1.88 bits per heavy atom. The summed E-state index contributed by atoms with van der Waals surface area (Å²) in [4.78, 5) is 26.0. The molecule has 2 bridgehead atoms. The van der Waals surface area contributed by atoms with Gasteiger partial charge in [-0.05, 0) is 26.8 Å². The zero-order chi connectivity index (χ0) is 18.0. The first-order valence-corrected chi connectivity index (χ1v) is 8.68. The molecule has 0 saturated carbocycles. The first-order chi connectivity index (χ1) is 11.2. The highest BCUT2D eigenvalue weighted by atomic mass is 16.6. The number of rotatable bonds is 5. The molecule has 6 heteroatoms. The number of aliphatic hydroxyl groups excluding tert-OH is 1. The second kappa shape index (κ2) is 7.66. The molecule has 2 heterocycles. The Morgan fingerprint density at radius 1 is 1.25 bits per heavy atom. The number of hydrogen-bond acceptors (Lipinski definition) is 6. The number of fused-ring (bicyclic) bond motifs is 2. The van der Waals surface area contributed by atoms with Crippen molar-refractivity contribution in [2.45, 2.75) is 77.4 Å². The van der Waals surface area contributed by atoms with Gasteiger partial charge >= 0.3 is 11.9 Å². The van der Waals surface area contributed by atoms with Crippen molar-refractivity contribution in [2.24, 2.45) is 5.92 Å². The van der Waals surface area contributed by atoms with Crippen LogP contribution in [0.15, 0.2) is 11.6 Å². The first kappa shape index (κ1) is 18.9. The van der Waals surface area contributed by atoms with Crippen molar-refractivity contribution < 1.29 is 24.2 Å². The van der Waals surface area contributed by atoms with Crippen molar-refractivity contribution in [1.82, 2.24) is 4.90 Å². The number of aliphatic hydroxyl groups is 1. The topological polar surface area (TPSA) is 76.1 Å². The van der Waals surface area contributed by atoms with Crippen LogP contribution >= 0.6 is 0 Å².